The molecule has 0 bridgehead atoms. The minimum Gasteiger partial charge on any atom is -0.352 e. The molecule has 0 fully saturated rings. The molecule has 0 saturated heterocycles. The monoisotopic (exact) mass is 478 g/mol. The van der Waals surface area contributed by atoms with Crippen molar-refractivity contribution in [1.82, 2.24) is 15.5 Å². The number of nitrogens with zero attached hydrogens (tertiary/aromatic N) is 2. The number of fused-ring (bicyclic) bond motifs is 1. The van der Waals surface area contributed by atoms with E-state index in [0.717, 1.165) is 13.0 Å². The Balaban J connectivity index is 0.00000261. The first-order chi connectivity index (χ1) is 12.7. The van der Waals surface area contributed by atoms with Gasteiger partial charge in [-0.25, -0.2) is 0 Å². The summed E-state index contributed by atoms with van der Waals surface area (Å²) in [7, 11) is 1.71. The fourth-order valence-corrected chi connectivity index (χ4v) is 3.09. The number of aliphatic imine (C=N–C) groups is 1. The molecule has 6 heteroatoms. The third-order valence-electron chi connectivity index (χ3n) is 4.69. The summed E-state index contributed by atoms with van der Waals surface area (Å²) in [5, 5.41) is 6.37. The molecule has 2 aromatic rings. The van der Waals surface area contributed by atoms with Crippen LogP contribution in [0.15, 0.2) is 53.5 Å². The fraction of sp³-hybridized carbons (Fsp3) is 0.333. The van der Waals surface area contributed by atoms with Crippen LogP contribution in [-0.2, 0) is 24.3 Å². The average molecular weight is 478 g/mol. The highest BCUT2D eigenvalue weighted by molar-refractivity contribution is 14.0. The van der Waals surface area contributed by atoms with Crippen LogP contribution in [0.25, 0.3) is 0 Å². The van der Waals surface area contributed by atoms with Gasteiger partial charge in [0, 0.05) is 26.7 Å². The van der Waals surface area contributed by atoms with Crippen molar-refractivity contribution >= 4 is 35.8 Å². The minimum atomic E-state index is 0. The van der Waals surface area contributed by atoms with E-state index in [4.69, 9.17) is 0 Å². The molecule has 5 nitrogen and oxygen atoms in total. The smallest absolute Gasteiger partial charge is 0.242 e. The zero-order chi connectivity index (χ0) is 18.4. The molecule has 1 aliphatic heterocycles. The van der Waals surface area contributed by atoms with E-state index in [1.54, 1.807) is 7.05 Å². The molecular formula is C21H27IN4O. The van der Waals surface area contributed by atoms with Crippen LogP contribution in [0, 0.1) is 6.92 Å². The van der Waals surface area contributed by atoms with Gasteiger partial charge in [0.15, 0.2) is 5.96 Å². The number of rotatable bonds is 4. The number of nitrogens with one attached hydrogen (secondary N) is 2. The number of guanidine groups is 1. The van der Waals surface area contributed by atoms with Crippen LogP contribution in [0.5, 0.6) is 0 Å². The van der Waals surface area contributed by atoms with Crippen LogP contribution in [0.2, 0.25) is 0 Å². The topological polar surface area (TPSA) is 56.7 Å². The summed E-state index contributed by atoms with van der Waals surface area (Å²) >= 11 is 0. The molecular weight excluding hydrogens is 451 g/mol. The van der Waals surface area contributed by atoms with Gasteiger partial charge in [-0.05, 0) is 30.0 Å². The summed E-state index contributed by atoms with van der Waals surface area (Å²) in [6.07, 6.45) is 0.919. The molecule has 0 aliphatic carbocycles. The molecule has 3 rings (SSSR count). The normalized spacial score (nSPS) is 13.4. The van der Waals surface area contributed by atoms with E-state index in [1.165, 1.54) is 22.3 Å². The van der Waals surface area contributed by atoms with Gasteiger partial charge in [0.2, 0.25) is 5.91 Å². The zero-order valence-electron chi connectivity index (χ0n) is 15.9. The number of benzene rings is 2. The van der Waals surface area contributed by atoms with E-state index in [1.807, 2.05) is 11.0 Å². The molecule has 1 amide bonds. The maximum Gasteiger partial charge on any atom is 0.242 e. The van der Waals surface area contributed by atoms with Crippen molar-refractivity contribution in [2.24, 2.45) is 4.99 Å². The number of carbonyl (C=O) groups excluding carboxylic acids is 1. The maximum absolute atomic E-state index is 12.5. The van der Waals surface area contributed by atoms with Crippen molar-refractivity contribution in [2.75, 3.05) is 20.1 Å². The third-order valence-corrected chi connectivity index (χ3v) is 4.69. The first-order valence-electron chi connectivity index (χ1n) is 9.00. The highest BCUT2D eigenvalue weighted by atomic mass is 127. The Morgan fingerprint density at radius 1 is 1.07 bits per heavy atom. The summed E-state index contributed by atoms with van der Waals surface area (Å²) in [6, 6.07) is 16.7. The number of hydrogen-bond donors (Lipinski definition) is 2. The molecule has 2 N–H and O–H groups in total. The first kappa shape index (κ1) is 21.2. The van der Waals surface area contributed by atoms with E-state index >= 15 is 0 Å². The van der Waals surface area contributed by atoms with Crippen LogP contribution in [0.4, 0.5) is 0 Å². The van der Waals surface area contributed by atoms with Crippen molar-refractivity contribution < 1.29 is 4.79 Å². The highest BCUT2D eigenvalue weighted by Gasteiger charge is 2.20. The van der Waals surface area contributed by atoms with Crippen molar-refractivity contribution in [1.29, 1.82) is 0 Å². The summed E-state index contributed by atoms with van der Waals surface area (Å²) < 4.78 is 0. The molecule has 0 saturated carbocycles. The van der Waals surface area contributed by atoms with Gasteiger partial charge in [-0.2, -0.15) is 0 Å². The SMILES string of the molecule is CN=C(NCC(=O)N1CCc2ccccc2C1)NCc1ccc(C)cc1.I. The predicted molar refractivity (Wildman–Crippen MR) is 120 cm³/mol. The molecule has 1 aliphatic rings. The second kappa shape index (κ2) is 10.3. The molecule has 0 aromatic heterocycles. The van der Waals surface area contributed by atoms with Crippen LogP contribution < -0.4 is 10.6 Å². The standard InChI is InChI=1S/C21H26N4O.HI/c1-16-7-9-17(10-8-16)13-23-21(22-2)24-14-20(26)25-12-11-18-5-3-4-6-19(18)15-25;/h3-10H,11-15H2,1-2H3,(H2,22,23,24);1H. The molecule has 0 unspecified atom stereocenters. The Labute approximate surface area is 178 Å². The Morgan fingerprint density at radius 2 is 1.78 bits per heavy atom. The maximum atomic E-state index is 12.5. The molecule has 0 radical (unpaired) electrons. The number of hydrogen-bond acceptors (Lipinski definition) is 2. The molecule has 27 heavy (non-hydrogen) atoms. The van der Waals surface area contributed by atoms with Gasteiger partial charge in [-0.1, -0.05) is 54.1 Å². The van der Waals surface area contributed by atoms with Gasteiger partial charge < -0.3 is 15.5 Å². The van der Waals surface area contributed by atoms with Gasteiger partial charge in [-0.15, -0.1) is 24.0 Å². The quantitative estimate of drug-likeness (QED) is 0.404. The van der Waals surface area contributed by atoms with Crippen molar-refractivity contribution in [3.05, 3.63) is 70.8 Å². The van der Waals surface area contributed by atoms with Crippen LogP contribution >= 0.6 is 24.0 Å². The molecule has 0 atom stereocenters. The Kier molecular flexibility index (Phi) is 8.09. The van der Waals surface area contributed by atoms with Gasteiger partial charge >= 0.3 is 0 Å². The molecule has 2 aromatic carbocycles. The second-order valence-electron chi connectivity index (χ2n) is 6.60. The van der Waals surface area contributed by atoms with Crippen molar-refractivity contribution in [2.45, 2.75) is 26.4 Å². The third kappa shape index (κ3) is 5.95. The largest absolute Gasteiger partial charge is 0.352 e. The Morgan fingerprint density at radius 3 is 2.48 bits per heavy atom. The van der Waals surface area contributed by atoms with Gasteiger partial charge in [0.1, 0.15) is 0 Å². The van der Waals surface area contributed by atoms with Crippen molar-refractivity contribution in [3.63, 3.8) is 0 Å². The number of amides is 1. The Bertz CT molecular complexity index is 789. The second-order valence-corrected chi connectivity index (χ2v) is 6.60. The zero-order valence-corrected chi connectivity index (χ0v) is 18.2. The first-order valence-corrected chi connectivity index (χ1v) is 9.00. The number of halogens is 1. The molecule has 0 spiro atoms. The van der Waals surface area contributed by atoms with Gasteiger partial charge in [-0.3, -0.25) is 9.79 Å². The summed E-state index contributed by atoms with van der Waals surface area (Å²) in [5.74, 6) is 0.731. The van der Waals surface area contributed by atoms with E-state index in [0.29, 0.717) is 19.0 Å². The van der Waals surface area contributed by atoms with Crippen LogP contribution in [-0.4, -0.2) is 36.9 Å². The lowest BCUT2D eigenvalue weighted by atomic mass is 10.00. The van der Waals surface area contributed by atoms with Gasteiger partial charge in [0.05, 0.1) is 6.54 Å². The molecule has 1 heterocycles. The number of aryl methyl sites for hydroxylation is 1. The van der Waals surface area contributed by atoms with E-state index < -0.39 is 0 Å². The lowest BCUT2D eigenvalue weighted by Crippen LogP contribution is -2.45. The van der Waals surface area contributed by atoms with Gasteiger partial charge in [0.25, 0.3) is 0 Å². The number of carbonyl (C=O) groups is 1. The predicted octanol–water partition coefficient (Wildman–Crippen LogP) is 2.86. The van der Waals surface area contributed by atoms with E-state index in [9.17, 15) is 4.79 Å². The molecule has 144 valence electrons. The average Bonchev–Trinajstić information content (AvgIpc) is 2.68. The summed E-state index contributed by atoms with van der Waals surface area (Å²) in [4.78, 5) is 18.6. The van der Waals surface area contributed by atoms with Crippen molar-refractivity contribution in [3.8, 4) is 0 Å². The summed E-state index contributed by atoms with van der Waals surface area (Å²) in [5.41, 5.74) is 5.01. The summed E-state index contributed by atoms with van der Waals surface area (Å²) in [6.45, 7) is 4.45. The fourth-order valence-electron chi connectivity index (χ4n) is 3.09. The lowest BCUT2D eigenvalue weighted by molar-refractivity contribution is -0.130. The minimum absolute atomic E-state index is 0. The van der Waals surface area contributed by atoms with E-state index in [-0.39, 0.29) is 36.4 Å². The van der Waals surface area contributed by atoms with Crippen LogP contribution in [0.1, 0.15) is 22.3 Å². The van der Waals surface area contributed by atoms with Crippen LogP contribution in [0.3, 0.4) is 0 Å². The Hall–Kier alpha value is -2.09. The highest BCUT2D eigenvalue weighted by Crippen LogP contribution is 2.18. The lowest BCUT2D eigenvalue weighted by Gasteiger charge is -2.29. The van der Waals surface area contributed by atoms with E-state index in [2.05, 4.69) is 65.0 Å².